The number of allylic oxidation sites excluding steroid dienone is 1. The maximum Gasteiger partial charge on any atom is 0.0178 e. The van der Waals surface area contributed by atoms with Gasteiger partial charge in [0.1, 0.15) is 0 Å². The Labute approximate surface area is 125 Å². The number of fused-ring (bicyclic) bond motifs is 1. The molecule has 20 heavy (non-hydrogen) atoms. The van der Waals surface area contributed by atoms with Gasteiger partial charge < -0.3 is 5.32 Å². The molecule has 2 unspecified atom stereocenters. The molecule has 1 N–H and O–H groups in total. The van der Waals surface area contributed by atoms with Crippen LogP contribution in [0, 0.1) is 23.7 Å². The summed E-state index contributed by atoms with van der Waals surface area (Å²) in [6.07, 6.45) is 6.79. The van der Waals surface area contributed by atoms with Crippen molar-refractivity contribution in [1.29, 1.82) is 0 Å². The zero-order valence-electron chi connectivity index (χ0n) is 13.6. The molecule has 0 bridgehead atoms. The first kappa shape index (κ1) is 14.4. The lowest BCUT2D eigenvalue weighted by molar-refractivity contribution is 0.125. The van der Waals surface area contributed by atoms with Gasteiger partial charge in [0.25, 0.3) is 0 Å². The first-order valence-electron chi connectivity index (χ1n) is 8.70. The molecule has 0 aromatic rings. The van der Waals surface area contributed by atoms with E-state index in [0.717, 1.165) is 23.7 Å². The van der Waals surface area contributed by atoms with E-state index in [0.29, 0.717) is 5.54 Å². The number of hydrogen-bond acceptors (Lipinski definition) is 2. The molecule has 0 aromatic carbocycles. The van der Waals surface area contributed by atoms with Gasteiger partial charge in [-0.1, -0.05) is 26.3 Å². The second kappa shape index (κ2) is 5.36. The molecule has 2 saturated carbocycles. The Kier molecular flexibility index (Phi) is 3.87. The van der Waals surface area contributed by atoms with E-state index in [9.17, 15) is 0 Å². The number of likely N-dealkylation sites (tertiary alicyclic amines) is 1. The molecule has 1 heterocycles. The minimum Gasteiger partial charge on any atom is -0.388 e. The van der Waals surface area contributed by atoms with Gasteiger partial charge in [0.2, 0.25) is 0 Å². The molecule has 2 nitrogen and oxygen atoms in total. The molecule has 0 radical (unpaired) electrons. The van der Waals surface area contributed by atoms with Crippen LogP contribution in [-0.4, -0.2) is 30.1 Å². The summed E-state index contributed by atoms with van der Waals surface area (Å²) >= 11 is 0. The first-order valence-corrected chi connectivity index (χ1v) is 8.70. The molecule has 3 rings (SSSR count). The molecule has 3 aliphatic rings. The Hall–Kier alpha value is -0.500. The van der Waals surface area contributed by atoms with E-state index >= 15 is 0 Å². The second-order valence-electron chi connectivity index (χ2n) is 7.95. The third-order valence-electron chi connectivity index (χ3n) is 6.51. The molecular formula is C18H32N2. The van der Waals surface area contributed by atoms with E-state index in [2.05, 4.69) is 37.6 Å². The minimum atomic E-state index is 0.402. The third-order valence-corrected chi connectivity index (χ3v) is 6.51. The van der Waals surface area contributed by atoms with Crippen molar-refractivity contribution in [3.8, 4) is 0 Å². The minimum absolute atomic E-state index is 0.402. The summed E-state index contributed by atoms with van der Waals surface area (Å²) in [5, 5.41) is 3.67. The Morgan fingerprint density at radius 1 is 1.20 bits per heavy atom. The van der Waals surface area contributed by atoms with Crippen molar-refractivity contribution in [2.24, 2.45) is 23.7 Å². The number of nitrogens with zero attached hydrogens (tertiary/aromatic N) is 1. The van der Waals surface area contributed by atoms with Crippen LogP contribution in [0.2, 0.25) is 0 Å². The fourth-order valence-corrected chi connectivity index (χ4v) is 4.34. The van der Waals surface area contributed by atoms with Crippen LogP contribution in [-0.2, 0) is 0 Å². The number of piperidine rings is 1. The van der Waals surface area contributed by atoms with Gasteiger partial charge in [-0.2, -0.15) is 0 Å². The smallest absolute Gasteiger partial charge is 0.0178 e. The molecule has 2 heteroatoms. The van der Waals surface area contributed by atoms with Crippen LogP contribution in [0.4, 0.5) is 0 Å². The Morgan fingerprint density at radius 2 is 1.80 bits per heavy atom. The summed E-state index contributed by atoms with van der Waals surface area (Å²) in [7, 11) is 0. The van der Waals surface area contributed by atoms with Crippen molar-refractivity contribution >= 4 is 0 Å². The van der Waals surface area contributed by atoms with Gasteiger partial charge in [-0.25, -0.2) is 0 Å². The number of rotatable bonds is 6. The van der Waals surface area contributed by atoms with Crippen molar-refractivity contribution in [2.75, 3.05) is 19.6 Å². The van der Waals surface area contributed by atoms with Gasteiger partial charge in [-0.3, -0.25) is 4.90 Å². The van der Waals surface area contributed by atoms with Crippen LogP contribution in [0.5, 0.6) is 0 Å². The average molecular weight is 276 g/mol. The predicted molar refractivity (Wildman–Crippen MR) is 85.5 cm³/mol. The molecule has 0 amide bonds. The lowest BCUT2D eigenvalue weighted by Crippen LogP contribution is -2.43. The van der Waals surface area contributed by atoms with Crippen molar-refractivity contribution < 1.29 is 0 Å². The summed E-state index contributed by atoms with van der Waals surface area (Å²) in [5.74, 6) is 3.62. The second-order valence-corrected chi connectivity index (χ2v) is 7.95. The van der Waals surface area contributed by atoms with E-state index in [4.69, 9.17) is 0 Å². The molecule has 3 fully saturated rings. The van der Waals surface area contributed by atoms with E-state index in [1.807, 2.05) is 0 Å². The molecule has 114 valence electrons. The molecule has 1 saturated heterocycles. The first-order chi connectivity index (χ1) is 9.53. The fraction of sp³-hybridized carbons (Fsp3) is 0.889. The average Bonchev–Trinajstić information content (AvgIpc) is 2.89. The maximum absolute atomic E-state index is 4.28. The normalized spacial score (nSPS) is 34.2. The number of hydrogen-bond donors (Lipinski definition) is 1. The van der Waals surface area contributed by atoms with Gasteiger partial charge in [0.15, 0.2) is 0 Å². The highest BCUT2D eigenvalue weighted by atomic mass is 15.2. The van der Waals surface area contributed by atoms with E-state index in [-0.39, 0.29) is 0 Å². The standard InChI is InChI=1S/C18H32N2/c1-5-18(3,4)20-11-16-15(17(16)12-20)10-19-13(2)14-8-6-7-9-14/h14-17,19H,2,5-12H2,1,3-4H3. The van der Waals surface area contributed by atoms with Crippen molar-refractivity contribution in [3.05, 3.63) is 12.3 Å². The zero-order valence-corrected chi connectivity index (χ0v) is 13.6. The summed E-state index contributed by atoms with van der Waals surface area (Å²) in [4.78, 5) is 2.71. The van der Waals surface area contributed by atoms with Crippen molar-refractivity contribution in [3.63, 3.8) is 0 Å². The number of nitrogens with one attached hydrogen (secondary N) is 1. The van der Waals surface area contributed by atoms with Gasteiger partial charge in [-0.05, 0) is 56.8 Å². The van der Waals surface area contributed by atoms with E-state index in [1.165, 1.54) is 57.4 Å². The van der Waals surface area contributed by atoms with Gasteiger partial charge in [0.05, 0.1) is 0 Å². The van der Waals surface area contributed by atoms with Crippen LogP contribution >= 0.6 is 0 Å². The SMILES string of the molecule is C=C(NCC1C2CN(C(C)(C)CC)CC12)C1CCCC1. The van der Waals surface area contributed by atoms with Crippen molar-refractivity contribution in [2.45, 2.75) is 58.4 Å². The lowest BCUT2D eigenvalue weighted by Gasteiger charge is -2.36. The summed E-state index contributed by atoms with van der Waals surface area (Å²) in [6, 6.07) is 0. The van der Waals surface area contributed by atoms with Crippen LogP contribution in [0.15, 0.2) is 12.3 Å². The van der Waals surface area contributed by atoms with Crippen LogP contribution in [0.3, 0.4) is 0 Å². The largest absolute Gasteiger partial charge is 0.388 e. The Morgan fingerprint density at radius 3 is 2.35 bits per heavy atom. The molecule has 1 aliphatic heterocycles. The highest BCUT2D eigenvalue weighted by Gasteiger charge is 2.56. The molecule has 0 spiro atoms. The van der Waals surface area contributed by atoms with Crippen LogP contribution < -0.4 is 5.32 Å². The van der Waals surface area contributed by atoms with Gasteiger partial charge in [-0.15, -0.1) is 0 Å². The summed E-state index contributed by atoms with van der Waals surface area (Å²) in [6.45, 7) is 15.2. The van der Waals surface area contributed by atoms with Crippen LogP contribution in [0.25, 0.3) is 0 Å². The van der Waals surface area contributed by atoms with Crippen LogP contribution in [0.1, 0.15) is 52.9 Å². The third kappa shape index (κ3) is 2.64. The lowest BCUT2D eigenvalue weighted by atomic mass is 9.99. The predicted octanol–water partition coefficient (Wildman–Crippen LogP) is 3.65. The van der Waals surface area contributed by atoms with E-state index in [1.54, 1.807) is 0 Å². The summed E-state index contributed by atoms with van der Waals surface area (Å²) in [5.41, 5.74) is 1.73. The maximum atomic E-state index is 4.28. The van der Waals surface area contributed by atoms with Gasteiger partial charge in [0, 0.05) is 30.9 Å². The topological polar surface area (TPSA) is 15.3 Å². The molecule has 0 aromatic heterocycles. The Bertz CT molecular complexity index is 356. The highest BCUT2D eigenvalue weighted by molar-refractivity contribution is 5.10. The quantitative estimate of drug-likeness (QED) is 0.796. The Balaban J connectivity index is 1.40. The van der Waals surface area contributed by atoms with E-state index < -0.39 is 0 Å². The summed E-state index contributed by atoms with van der Waals surface area (Å²) < 4.78 is 0. The van der Waals surface area contributed by atoms with Crippen molar-refractivity contribution in [1.82, 2.24) is 10.2 Å². The molecule has 2 aliphatic carbocycles. The molecule has 2 atom stereocenters. The zero-order chi connectivity index (χ0) is 14.3. The fourth-order valence-electron chi connectivity index (χ4n) is 4.34. The molecular weight excluding hydrogens is 244 g/mol. The highest BCUT2D eigenvalue weighted by Crippen LogP contribution is 2.53. The van der Waals surface area contributed by atoms with Gasteiger partial charge >= 0.3 is 0 Å². The monoisotopic (exact) mass is 276 g/mol.